The van der Waals surface area contributed by atoms with Crippen LogP contribution in [0.4, 0.5) is 0 Å². The van der Waals surface area contributed by atoms with Crippen molar-refractivity contribution in [2.45, 2.75) is 11.8 Å². The van der Waals surface area contributed by atoms with Crippen LogP contribution in [0.5, 0.6) is 0 Å². The number of halogens is 2. The maximum Gasteiger partial charge on any atom is 0.297 e. The van der Waals surface area contributed by atoms with Gasteiger partial charge in [0.1, 0.15) is 0 Å². The molecule has 0 aliphatic rings. The molecule has 1 aromatic rings. The van der Waals surface area contributed by atoms with E-state index >= 15 is 0 Å². The second-order valence-electron chi connectivity index (χ2n) is 4.23. The highest BCUT2D eigenvalue weighted by Crippen LogP contribution is 2.13. The number of hydrogen-bond donors (Lipinski definition) is 0. The third-order valence-corrected chi connectivity index (χ3v) is 4.24. The summed E-state index contributed by atoms with van der Waals surface area (Å²) in [7, 11) is -3.75. The molecule has 1 rings (SSSR count). The van der Waals surface area contributed by atoms with E-state index in [4.69, 9.17) is 32.2 Å². The van der Waals surface area contributed by atoms with E-state index in [1.54, 1.807) is 17.2 Å². The number of hydroxylamine groups is 2. The summed E-state index contributed by atoms with van der Waals surface area (Å²) in [6, 6.07) is 6.46. The van der Waals surface area contributed by atoms with Gasteiger partial charge in [-0.2, -0.15) is 13.5 Å². The zero-order valence-electron chi connectivity index (χ0n) is 11.8. The molecule has 5 nitrogen and oxygen atoms in total. The number of alkyl halides is 2. The standard InChI is InChI=1S/C13H19Cl2NO4S/c1-12-2-4-13(5-3-12)21(17,18)20-11-10-19-16(8-6-14)9-7-15/h2-5H,6-11H2,1H3. The molecule has 0 saturated heterocycles. The maximum absolute atomic E-state index is 11.9. The predicted octanol–water partition coefficient (Wildman–Crippen LogP) is 2.41. The van der Waals surface area contributed by atoms with Gasteiger partial charge in [-0.15, -0.1) is 23.2 Å². The molecule has 0 radical (unpaired) electrons. The quantitative estimate of drug-likeness (QED) is 0.279. The van der Waals surface area contributed by atoms with Crippen molar-refractivity contribution < 1.29 is 17.4 Å². The summed E-state index contributed by atoms with van der Waals surface area (Å²) in [5, 5.41) is 1.59. The molecule has 0 spiro atoms. The zero-order chi connectivity index (χ0) is 15.7. The number of hydrogen-bond acceptors (Lipinski definition) is 5. The lowest BCUT2D eigenvalue weighted by Gasteiger charge is -2.19. The second-order valence-corrected chi connectivity index (χ2v) is 6.60. The fourth-order valence-electron chi connectivity index (χ4n) is 1.51. The van der Waals surface area contributed by atoms with Gasteiger partial charge in [0.2, 0.25) is 0 Å². The van der Waals surface area contributed by atoms with Crippen LogP contribution in [0.25, 0.3) is 0 Å². The van der Waals surface area contributed by atoms with E-state index in [9.17, 15) is 8.42 Å². The first-order chi connectivity index (χ1) is 9.99. The van der Waals surface area contributed by atoms with Crippen molar-refractivity contribution in [3.8, 4) is 0 Å². The SMILES string of the molecule is Cc1ccc(S(=O)(=O)OCCON(CCCl)CCCl)cc1. The van der Waals surface area contributed by atoms with Crippen molar-refractivity contribution in [1.82, 2.24) is 5.06 Å². The van der Waals surface area contributed by atoms with Crippen molar-refractivity contribution >= 4 is 33.3 Å². The van der Waals surface area contributed by atoms with Crippen LogP contribution in [0.1, 0.15) is 5.56 Å². The van der Waals surface area contributed by atoms with Crippen LogP contribution >= 0.6 is 23.2 Å². The minimum atomic E-state index is -3.75. The molecule has 0 aliphatic carbocycles. The molecule has 8 heteroatoms. The average molecular weight is 356 g/mol. The lowest BCUT2D eigenvalue weighted by atomic mass is 10.2. The molecule has 0 heterocycles. The highest BCUT2D eigenvalue weighted by atomic mass is 35.5. The Labute approximate surface area is 135 Å². The van der Waals surface area contributed by atoms with E-state index in [1.807, 2.05) is 6.92 Å². The van der Waals surface area contributed by atoms with Gasteiger partial charge < -0.3 is 0 Å². The fraction of sp³-hybridized carbons (Fsp3) is 0.538. The molecule has 0 aliphatic heterocycles. The van der Waals surface area contributed by atoms with Gasteiger partial charge in [0.05, 0.1) is 18.1 Å². The van der Waals surface area contributed by atoms with Gasteiger partial charge in [-0.1, -0.05) is 17.7 Å². The topological polar surface area (TPSA) is 55.8 Å². The van der Waals surface area contributed by atoms with Gasteiger partial charge in [0.15, 0.2) is 0 Å². The average Bonchev–Trinajstić information content (AvgIpc) is 2.44. The first kappa shape index (κ1) is 18.7. The molecule has 0 fully saturated rings. The third kappa shape index (κ3) is 6.95. The highest BCUT2D eigenvalue weighted by Gasteiger charge is 2.15. The van der Waals surface area contributed by atoms with Gasteiger partial charge >= 0.3 is 0 Å². The number of nitrogens with zero attached hydrogens (tertiary/aromatic N) is 1. The summed E-state index contributed by atoms with van der Waals surface area (Å²) < 4.78 is 28.7. The molecule has 0 saturated carbocycles. The van der Waals surface area contributed by atoms with E-state index in [2.05, 4.69) is 0 Å². The molecule has 0 amide bonds. The molecule has 21 heavy (non-hydrogen) atoms. The summed E-state index contributed by atoms with van der Waals surface area (Å²) in [6.45, 7) is 2.95. The zero-order valence-corrected chi connectivity index (χ0v) is 14.1. The van der Waals surface area contributed by atoms with Crippen molar-refractivity contribution in [1.29, 1.82) is 0 Å². The number of aryl methyl sites for hydroxylation is 1. The van der Waals surface area contributed by atoms with Crippen LogP contribution < -0.4 is 0 Å². The molecule has 0 bridgehead atoms. The Bertz CT molecular complexity index is 501. The van der Waals surface area contributed by atoms with E-state index in [-0.39, 0.29) is 18.1 Å². The van der Waals surface area contributed by atoms with Crippen LogP contribution in [-0.2, 0) is 19.1 Å². The maximum atomic E-state index is 11.9. The van der Waals surface area contributed by atoms with Crippen LogP contribution in [0.2, 0.25) is 0 Å². The Morgan fingerprint density at radius 2 is 1.62 bits per heavy atom. The minimum absolute atomic E-state index is 0.0721. The molecule has 0 atom stereocenters. The smallest absolute Gasteiger partial charge is 0.296 e. The van der Waals surface area contributed by atoms with E-state index in [0.717, 1.165) is 5.56 Å². The monoisotopic (exact) mass is 355 g/mol. The van der Waals surface area contributed by atoms with Crippen molar-refractivity contribution in [2.75, 3.05) is 38.1 Å². The molecule has 0 unspecified atom stereocenters. The number of benzene rings is 1. The molecular weight excluding hydrogens is 337 g/mol. The van der Waals surface area contributed by atoms with Gasteiger partial charge in [0, 0.05) is 24.8 Å². The summed E-state index contributed by atoms with van der Waals surface area (Å²) >= 11 is 11.2. The van der Waals surface area contributed by atoms with Crippen LogP contribution in [0.3, 0.4) is 0 Å². The lowest BCUT2D eigenvalue weighted by molar-refractivity contribution is -0.156. The Balaban J connectivity index is 2.41. The summed E-state index contributed by atoms with van der Waals surface area (Å²) in [5.74, 6) is 0.804. The van der Waals surface area contributed by atoms with Crippen LogP contribution in [-0.4, -0.2) is 51.5 Å². The van der Waals surface area contributed by atoms with Crippen LogP contribution in [0, 0.1) is 6.92 Å². The Morgan fingerprint density at radius 3 is 2.14 bits per heavy atom. The van der Waals surface area contributed by atoms with Gasteiger partial charge in [-0.25, -0.2) is 0 Å². The summed E-state index contributed by atoms with van der Waals surface area (Å²) in [4.78, 5) is 5.48. The van der Waals surface area contributed by atoms with E-state index in [1.165, 1.54) is 12.1 Å². The first-order valence-corrected chi connectivity index (χ1v) is 8.93. The Kier molecular flexibility index (Phi) is 8.55. The summed E-state index contributed by atoms with van der Waals surface area (Å²) in [6.07, 6.45) is 0. The van der Waals surface area contributed by atoms with Crippen molar-refractivity contribution in [2.24, 2.45) is 0 Å². The molecule has 0 aromatic heterocycles. The van der Waals surface area contributed by atoms with Gasteiger partial charge in [-0.3, -0.25) is 9.02 Å². The number of rotatable bonds is 10. The fourth-order valence-corrected chi connectivity index (χ4v) is 2.78. The largest absolute Gasteiger partial charge is 0.297 e. The predicted molar refractivity (Wildman–Crippen MR) is 83.3 cm³/mol. The Hall–Kier alpha value is -0.370. The minimum Gasteiger partial charge on any atom is -0.296 e. The third-order valence-electron chi connectivity index (χ3n) is 2.57. The normalized spacial score (nSPS) is 12.0. The first-order valence-electron chi connectivity index (χ1n) is 6.45. The van der Waals surface area contributed by atoms with E-state index < -0.39 is 10.1 Å². The van der Waals surface area contributed by atoms with E-state index in [0.29, 0.717) is 24.8 Å². The molecule has 120 valence electrons. The van der Waals surface area contributed by atoms with Crippen LogP contribution in [0.15, 0.2) is 29.2 Å². The van der Waals surface area contributed by atoms with Gasteiger partial charge in [-0.05, 0) is 19.1 Å². The molecule has 0 N–H and O–H groups in total. The molecule has 1 aromatic carbocycles. The van der Waals surface area contributed by atoms with Crippen molar-refractivity contribution in [3.05, 3.63) is 29.8 Å². The highest BCUT2D eigenvalue weighted by molar-refractivity contribution is 7.86. The van der Waals surface area contributed by atoms with Crippen molar-refractivity contribution in [3.63, 3.8) is 0 Å². The Morgan fingerprint density at radius 1 is 1.05 bits per heavy atom. The van der Waals surface area contributed by atoms with Gasteiger partial charge in [0.25, 0.3) is 10.1 Å². The molecular formula is C13H19Cl2NO4S. The lowest BCUT2D eigenvalue weighted by Crippen LogP contribution is -2.30. The second kappa shape index (κ2) is 9.61. The summed E-state index contributed by atoms with van der Waals surface area (Å²) in [5.41, 5.74) is 0.982.